The second kappa shape index (κ2) is 11.1. The van der Waals surface area contributed by atoms with Gasteiger partial charge in [-0.25, -0.2) is 0 Å². The summed E-state index contributed by atoms with van der Waals surface area (Å²) < 4.78 is 10.9. The molecule has 0 bridgehead atoms. The molecule has 1 saturated heterocycles. The van der Waals surface area contributed by atoms with Gasteiger partial charge >= 0.3 is 0 Å². The van der Waals surface area contributed by atoms with Crippen LogP contribution in [0.3, 0.4) is 0 Å². The van der Waals surface area contributed by atoms with Crippen LogP contribution in [-0.2, 0) is 14.3 Å². The van der Waals surface area contributed by atoms with Crippen LogP contribution < -0.4 is 4.74 Å². The number of carbonyl (C=O) groups excluding carboxylic acids is 2. The van der Waals surface area contributed by atoms with Crippen LogP contribution in [0.2, 0.25) is 0 Å². The van der Waals surface area contributed by atoms with Crippen LogP contribution in [0.25, 0.3) is 5.76 Å². The van der Waals surface area contributed by atoms with Gasteiger partial charge in [0.25, 0.3) is 17.4 Å². The van der Waals surface area contributed by atoms with E-state index in [1.54, 1.807) is 25.3 Å². The molecule has 0 radical (unpaired) electrons. The molecule has 9 nitrogen and oxygen atoms in total. The lowest BCUT2D eigenvalue weighted by Gasteiger charge is -2.25. The summed E-state index contributed by atoms with van der Waals surface area (Å²) in [5.74, 6) is -0.833. The first kappa shape index (κ1) is 25.9. The SMILES string of the molecule is COCCCN1C(=O)C(=O)C(=C(O)c2ccc(OCC(C)C)c(C)c2)[C@@H]1c1ccc([N+](=O)[O-])cc1. The van der Waals surface area contributed by atoms with Crippen molar-refractivity contribution in [3.63, 3.8) is 0 Å². The monoisotopic (exact) mass is 482 g/mol. The van der Waals surface area contributed by atoms with E-state index in [4.69, 9.17) is 9.47 Å². The third-order valence-corrected chi connectivity index (χ3v) is 5.73. The van der Waals surface area contributed by atoms with Gasteiger partial charge in [-0.15, -0.1) is 0 Å². The molecule has 1 amide bonds. The third-order valence-electron chi connectivity index (χ3n) is 5.73. The molecule has 1 aliphatic heterocycles. The second-order valence-corrected chi connectivity index (χ2v) is 8.87. The van der Waals surface area contributed by atoms with Crippen molar-refractivity contribution in [3.05, 3.63) is 74.8 Å². The van der Waals surface area contributed by atoms with Gasteiger partial charge in [-0.2, -0.15) is 0 Å². The number of Topliss-reactive ketones (excluding diaryl/α,β-unsaturated/α-hetero) is 1. The Morgan fingerprint density at radius 1 is 1.17 bits per heavy atom. The summed E-state index contributed by atoms with van der Waals surface area (Å²) in [6, 6.07) is 9.82. The lowest BCUT2D eigenvalue weighted by Crippen LogP contribution is -2.31. The number of carbonyl (C=O) groups is 2. The van der Waals surface area contributed by atoms with Crippen molar-refractivity contribution in [3.8, 4) is 5.75 Å². The Labute approximate surface area is 204 Å². The summed E-state index contributed by atoms with van der Waals surface area (Å²) >= 11 is 0. The quantitative estimate of drug-likeness (QED) is 0.133. The number of aryl methyl sites for hydroxylation is 1. The Kier molecular flexibility index (Phi) is 8.24. The summed E-state index contributed by atoms with van der Waals surface area (Å²) in [5, 5.41) is 22.3. The van der Waals surface area contributed by atoms with Crippen molar-refractivity contribution in [2.24, 2.45) is 5.92 Å². The number of hydrogen-bond donors (Lipinski definition) is 1. The number of aliphatic hydroxyl groups excluding tert-OH is 1. The maximum absolute atomic E-state index is 13.1. The van der Waals surface area contributed by atoms with Gasteiger partial charge < -0.3 is 19.5 Å². The number of rotatable bonds is 10. The molecule has 0 aliphatic carbocycles. The number of amides is 1. The number of ether oxygens (including phenoxy) is 2. The van der Waals surface area contributed by atoms with E-state index in [9.17, 15) is 24.8 Å². The largest absolute Gasteiger partial charge is 0.507 e. The molecule has 0 saturated carbocycles. The van der Waals surface area contributed by atoms with Crippen LogP contribution in [0.5, 0.6) is 5.75 Å². The number of benzene rings is 2. The number of likely N-dealkylation sites (tertiary alicyclic amines) is 1. The van der Waals surface area contributed by atoms with E-state index in [-0.39, 0.29) is 23.6 Å². The third kappa shape index (κ3) is 5.68. The first-order chi connectivity index (χ1) is 16.6. The molecule has 2 aromatic carbocycles. The zero-order chi connectivity index (χ0) is 25.7. The second-order valence-electron chi connectivity index (χ2n) is 8.87. The number of ketones is 1. The molecular weight excluding hydrogens is 452 g/mol. The van der Waals surface area contributed by atoms with Gasteiger partial charge in [-0.1, -0.05) is 13.8 Å². The summed E-state index contributed by atoms with van der Waals surface area (Å²) in [6.07, 6.45) is 0.480. The van der Waals surface area contributed by atoms with Gasteiger partial charge in [-0.3, -0.25) is 19.7 Å². The molecule has 186 valence electrons. The fourth-order valence-corrected chi connectivity index (χ4v) is 3.99. The lowest BCUT2D eigenvalue weighted by molar-refractivity contribution is -0.384. The Morgan fingerprint density at radius 3 is 2.43 bits per heavy atom. The van der Waals surface area contributed by atoms with E-state index in [1.807, 2.05) is 20.8 Å². The highest BCUT2D eigenvalue weighted by Crippen LogP contribution is 2.40. The Balaban J connectivity index is 2.06. The van der Waals surface area contributed by atoms with Crippen molar-refractivity contribution in [1.82, 2.24) is 4.90 Å². The first-order valence-electron chi connectivity index (χ1n) is 11.4. The molecule has 1 fully saturated rings. The molecule has 1 aliphatic rings. The molecule has 0 aromatic heterocycles. The van der Waals surface area contributed by atoms with Crippen LogP contribution in [0, 0.1) is 23.0 Å². The number of methoxy groups -OCH3 is 1. The van der Waals surface area contributed by atoms with E-state index < -0.39 is 22.7 Å². The number of hydrogen-bond acceptors (Lipinski definition) is 7. The molecule has 1 atom stereocenters. The molecule has 2 aromatic rings. The van der Waals surface area contributed by atoms with E-state index >= 15 is 0 Å². The molecule has 3 rings (SSSR count). The minimum absolute atomic E-state index is 0.0588. The summed E-state index contributed by atoms with van der Waals surface area (Å²) in [4.78, 5) is 38.0. The van der Waals surface area contributed by atoms with E-state index in [2.05, 4.69) is 0 Å². The highest BCUT2D eigenvalue weighted by molar-refractivity contribution is 6.46. The van der Waals surface area contributed by atoms with Crippen molar-refractivity contribution < 1.29 is 29.1 Å². The van der Waals surface area contributed by atoms with Crippen molar-refractivity contribution in [2.45, 2.75) is 33.2 Å². The number of nitro groups is 1. The molecule has 9 heteroatoms. The van der Waals surface area contributed by atoms with Gasteiger partial charge in [0.1, 0.15) is 11.5 Å². The Bertz CT molecular complexity index is 1140. The van der Waals surface area contributed by atoms with Crippen LogP contribution >= 0.6 is 0 Å². The first-order valence-corrected chi connectivity index (χ1v) is 11.4. The number of nitrogens with zero attached hydrogens (tertiary/aromatic N) is 2. The minimum Gasteiger partial charge on any atom is -0.507 e. The molecular formula is C26H30N2O7. The molecule has 1 N–H and O–H groups in total. The molecule has 35 heavy (non-hydrogen) atoms. The standard InChI is InChI=1S/C26H30N2O7/c1-16(2)15-35-21-11-8-19(14-17(21)3)24(29)22-23(18-6-9-20(10-7-18)28(32)33)27(12-5-13-34-4)26(31)25(22)30/h6-11,14,16,23,29H,5,12-13,15H2,1-4H3/t23-/m0/s1. The predicted octanol–water partition coefficient (Wildman–Crippen LogP) is 4.40. The maximum Gasteiger partial charge on any atom is 0.295 e. The fraction of sp³-hybridized carbons (Fsp3) is 0.385. The summed E-state index contributed by atoms with van der Waals surface area (Å²) in [5.41, 5.74) is 1.47. The highest BCUT2D eigenvalue weighted by Gasteiger charge is 2.45. The van der Waals surface area contributed by atoms with Crippen molar-refractivity contribution in [1.29, 1.82) is 0 Å². The maximum atomic E-state index is 13.1. The molecule has 0 spiro atoms. The number of non-ortho nitro benzene ring substituents is 1. The van der Waals surface area contributed by atoms with Crippen molar-refractivity contribution in [2.75, 3.05) is 26.9 Å². The lowest BCUT2D eigenvalue weighted by atomic mass is 9.94. The van der Waals surface area contributed by atoms with Gasteiger partial charge in [0.2, 0.25) is 0 Å². The van der Waals surface area contributed by atoms with Gasteiger partial charge in [0.15, 0.2) is 0 Å². The van der Waals surface area contributed by atoms with Gasteiger partial charge in [0, 0.05) is 38.0 Å². The van der Waals surface area contributed by atoms with Gasteiger partial charge in [-0.05, 0) is 60.7 Å². The average Bonchev–Trinajstić information content (AvgIpc) is 3.08. The Morgan fingerprint density at radius 2 is 1.86 bits per heavy atom. The molecule has 1 heterocycles. The van der Waals surface area contributed by atoms with Crippen molar-refractivity contribution >= 4 is 23.1 Å². The zero-order valence-electron chi connectivity index (χ0n) is 20.3. The minimum atomic E-state index is -0.884. The normalized spacial score (nSPS) is 17.3. The molecule has 0 unspecified atom stereocenters. The average molecular weight is 483 g/mol. The van der Waals surface area contributed by atoms with E-state index in [0.717, 1.165) is 5.56 Å². The van der Waals surface area contributed by atoms with Gasteiger partial charge in [0.05, 0.1) is 23.1 Å². The van der Waals surface area contributed by atoms with E-state index in [0.29, 0.717) is 42.4 Å². The van der Waals surface area contributed by atoms with Crippen LogP contribution in [-0.4, -0.2) is 53.5 Å². The highest BCUT2D eigenvalue weighted by atomic mass is 16.6. The smallest absolute Gasteiger partial charge is 0.295 e. The predicted molar refractivity (Wildman–Crippen MR) is 130 cm³/mol. The van der Waals surface area contributed by atoms with Crippen LogP contribution in [0.15, 0.2) is 48.0 Å². The Hall–Kier alpha value is -3.72. The number of nitro benzene ring substituents is 1. The zero-order valence-corrected chi connectivity index (χ0v) is 20.3. The fourth-order valence-electron chi connectivity index (χ4n) is 3.99. The van der Waals surface area contributed by atoms with Crippen LogP contribution in [0.4, 0.5) is 5.69 Å². The van der Waals surface area contributed by atoms with E-state index in [1.165, 1.54) is 29.2 Å². The summed E-state index contributed by atoms with van der Waals surface area (Å²) in [7, 11) is 1.54. The topological polar surface area (TPSA) is 119 Å². The number of aliphatic hydroxyl groups is 1. The summed E-state index contributed by atoms with van der Waals surface area (Å²) in [6.45, 7) is 7.06. The van der Waals surface area contributed by atoms with Crippen LogP contribution in [0.1, 0.15) is 43.0 Å².